The summed E-state index contributed by atoms with van der Waals surface area (Å²) in [5.41, 5.74) is 0.937. The molecule has 3 heterocycles. The highest BCUT2D eigenvalue weighted by Crippen LogP contribution is 2.28. The van der Waals surface area contributed by atoms with Gasteiger partial charge in [-0.15, -0.1) is 4.73 Å². The van der Waals surface area contributed by atoms with Gasteiger partial charge >= 0.3 is 0 Å². The normalized spacial score (nSPS) is 20.3. The lowest BCUT2D eigenvalue weighted by atomic mass is 9.86. The van der Waals surface area contributed by atoms with E-state index < -0.39 is 5.82 Å². The van der Waals surface area contributed by atoms with E-state index in [0.29, 0.717) is 42.2 Å². The Kier molecular flexibility index (Phi) is 6.28. The fourth-order valence-corrected chi connectivity index (χ4v) is 4.97. The van der Waals surface area contributed by atoms with Crippen LogP contribution in [0.5, 0.6) is 0 Å². The lowest BCUT2D eigenvalue weighted by Crippen LogP contribution is -2.36. The molecule has 0 atom stereocenters. The number of fused-ring (bicyclic) bond motifs is 2. The summed E-state index contributed by atoms with van der Waals surface area (Å²) in [4.78, 5) is 38.6. The number of aromatic nitrogens is 3. The summed E-state index contributed by atoms with van der Waals surface area (Å²) < 4.78 is 14.9. The molecule has 0 unspecified atom stereocenters. The Morgan fingerprint density at radius 1 is 1.18 bits per heavy atom. The van der Waals surface area contributed by atoms with Gasteiger partial charge in [0.15, 0.2) is 5.82 Å². The van der Waals surface area contributed by atoms with E-state index >= 15 is 0 Å². The molecule has 0 saturated heterocycles. The maximum absolute atomic E-state index is 13.7. The molecule has 1 aromatic carbocycles. The number of rotatable bonds is 6. The van der Waals surface area contributed by atoms with Gasteiger partial charge in [-0.2, -0.15) is 0 Å². The van der Waals surface area contributed by atoms with Crippen molar-refractivity contribution in [1.82, 2.24) is 20.0 Å². The molecule has 2 aromatic heterocycles. The van der Waals surface area contributed by atoms with Gasteiger partial charge in [-0.3, -0.25) is 9.59 Å². The summed E-state index contributed by atoms with van der Waals surface area (Å²) in [5, 5.41) is 7.81. The van der Waals surface area contributed by atoms with E-state index in [1.165, 1.54) is 34.7 Å². The van der Waals surface area contributed by atoms with Gasteiger partial charge in [-0.05, 0) is 49.8 Å². The summed E-state index contributed by atoms with van der Waals surface area (Å²) in [5.74, 6) is 0.790. The SMILES string of the molecule is O=C1CSc2ncc(CN[C@H]3CC[C@H](COn4c(=O)ccc5ccc(F)cc54)CC3)nc2N1. The van der Waals surface area contributed by atoms with Crippen LogP contribution >= 0.6 is 11.8 Å². The number of thioether (sulfide) groups is 1. The monoisotopic (exact) mass is 469 g/mol. The number of carbonyl (C=O) groups excluding carboxylic acids is 1. The summed E-state index contributed by atoms with van der Waals surface area (Å²) in [6, 6.07) is 7.81. The average Bonchev–Trinajstić information content (AvgIpc) is 2.82. The van der Waals surface area contributed by atoms with Gasteiger partial charge < -0.3 is 15.5 Å². The zero-order valence-electron chi connectivity index (χ0n) is 17.9. The van der Waals surface area contributed by atoms with Gasteiger partial charge in [0.1, 0.15) is 17.5 Å². The lowest BCUT2D eigenvalue weighted by Gasteiger charge is -2.29. The molecule has 1 aliphatic heterocycles. The van der Waals surface area contributed by atoms with Crippen LogP contribution in [0.1, 0.15) is 31.4 Å². The Labute approximate surface area is 193 Å². The van der Waals surface area contributed by atoms with Crippen LogP contribution in [0.2, 0.25) is 0 Å². The minimum absolute atomic E-state index is 0.0525. The smallest absolute Gasteiger partial charge is 0.283 e. The van der Waals surface area contributed by atoms with Gasteiger partial charge in [0, 0.05) is 30.1 Å². The van der Waals surface area contributed by atoms with E-state index in [0.717, 1.165) is 41.8 Å². The number of hydrogen-bond donors (Lipinski definition) is 2. The van der Waals surface area contributed by atoms with Crippen LogP contribution in [0.4, 0.5) is 10.2 Å². The van der Waals surface area contributed by atoms with Crippen molar-refractivity contribution in [2.45, 2.75) is 43.3 Å². The van der Waals surface area contributed by atoms with Crippen molar-refractivity contribution >= 4 is 34.4 Å². The zero-order chi connectivity index (χ0) is 22.8. The van der Waals surface area contributed by atoms with E-state index in [1.807, 2.05) is 0 Å². The standard InChI is InChI=1S/C23H24FN5O3S/c24-16-5-3-15-4-8-21(31)29(19(15)9-16)32-12-14-1-6-17(7-2-14)25-10-18-11-26-23-22(27-18)28-20(30)13-33-23/h3-5,8-9,11,14,17,25H,1-2,6-7,10,12-13H2,(H,27,28,30)/t14-,17-. The van der Waals surface area contributed by atoms with Crippen LogP contribution in [0.3, 0.4) is 0 Å². The van der Waals surface area contributed by atoms with Gasteiger partial charge in [0.25, 0.3) is 5.56 Å². The second-order valence-electron chi connectivity index (χ2n) is 8.42. The quantitative estimate of drug-likeness (QED) is 0.573. The second-order valence-corrected chi connectivity index (χ2v) is 9.38. The van der Waals surface area contributed by atoms with Crippen molar-refractivity contribution < 1.29 is 14.0 Å². The summed E-state index contributed by atoms with van der Waals surface area (Å²) in [6.45, 7) is 1.000. The number of anilines is 1. The van der Waals surface area contributed by atoms with Gasteiger partial charge in [-0.25, -0.2) is 14.4 Å². The number of nitrogens with zero attached hydrogens (tertiary/aromatic N) is 3. The molecule has 172 valence electrons. The highest BCUT2D eigenvalue weighted by Gasteiger charge is 2.23. The van der Waals surface area contributed by atoms with Gasteiger partial charge in [0.2, 0.25) is 5.91 Å². The maximum atomic E-state index is 13.7. The van der Waals surface area contributed by atoms with Crippen molar-refractivity contribution in [2.75, 3.05) is 17.7 Å². The molecular formula is C23H24FN5O3S. The summed E-state index contributed by atoms with van der Waals surface area (Å²) in [6.07, 6.45) is 5.65. The zero-order valence-corrected chi connectivity index (χ0v) is 18.7. The molecule has 1 fully saturated rings. The minimum Gasteiger partial charge on any atom is -0.410 e. The predicted octanol–water partition coefficient (Wildman–Crippen LogP) is 2.75. The lowest BCUT2D eigenvalue weighted by molar-refractivity contribution is -0.113. The van der Waals surface area contributed by atoms with Gasteiger partial charge in [-0.1, -0.05) is 11.8 Å². The van der Waals surface area contributed by atoms with E-state index in [9.17, 15) is 14.0 Å². The van der Waals surface area contributed by atoms with Crippen LogP contribution in [-0.2, 0) is 11.3 Å². The third-order valence-electron chi connectivity index (χ3n) is 6.06. The first-order valence-corrected chi connectivity index (χ1v) is 12.0. The Hall–Kier alpha value is -2.98. The number of carbonyl (C=O) groups is 1. The van der Waals surface area contributed by atoms with Crippen molar-refractivity contribution in [1.29, 1.82) is 0 Å². The average molecular weight is 470 g/mol. The molecule has 0 spiro atoms. The number of benzene rings is 1. The summed E-state index contributed by atoms with van der Waals surface area (Å²) in [7, 11) is 0. The predicted molar refractivity (Wildman–Crippen MR) is 124 cm³/mol. The Morgan fingerprint density at radius 3 is 2.85 bits per heavy atom. The molecular weight excluding hydrogens is 445 g/mol. The summed E-state index contributed by atoms with van der Waals surface area (Å²) >= 11 is 1.40. The molecule has 10 heteroatoms. The van der Waals surface area contributed by atoms with Gasteiger partial charge in [0.05, 0.1) is 23.2 Å². The Bertz CT molecular complexity index is 1240. The Balaban J connectivity index is 1.13. The third kappa shape index (κ3) is 5.01. The first-order chi connectivity index (χ1) is 16.0. The number of amides is 1. The first-order valence-electron chi connectivity index (χ1n) is 11.0. The maximum Gasteiger partial charge on any atom is 0.283 e. The van der Waals surface area contributed by atoms with Crippen molar-refractivity contribution in [3.63, 3.8) is 0 Å². The Morgan fingerprint density at radius 2 is 2.00 bits per heavy atom. The van der Waals surface area contributed by atoms with Crippen molar-refractivity contribution in [3.05, 3.63) is 58.4 Å². The minimum atomic E-state index is -0.401. The van der Waals surface area contributed by atoms with E-state index in [-0.39, 0.29) is 11.5 Å². The molecule has 33 heavy (non-hydrogen) atoms. The molecule has 1 aliphatic carbocycles. The van der Waals surface area contributed by atoms with E-state index in [4.69, 9.17) is 4.84 Å². The largest absolute Gasteiger partial charge is 0.410 e. The highest BCUT2D eigenvalue weighted by molar-refractivity contribution is 8.00. The topological polar surface area (TPSA) is 98.1 Å². The number of hydrogen-bond acceptors (Lipinski definition) is 7. The molecule has 2 aliphatic rings. The van der Waals surface area contributed by atoms with Crippen LogP contribution in [0.25, 0.3) is 10.9 Å². The second kappa shape index (κ2) is 9.48. The number of pyridine rings is 1. The molecule has 0 radical (unpaired) electrons. The fraction of sp³-hybridized carbons (Fsp3) is 0.391. The van der Waals surface area contributed by atoms with Crippen LogP contribution in [0.15, 0.2) is 46.3 Å². The molecule has 1 amide bonds. The molecule has 1 saturated carbocycles. The molecule has 0 bridgehead atoms. The molecule has 3 aromatic rings. The van der Waals surface area contributed by atoms with Crippen LogP contribution in [0, 0.1) is 11.7 Å². The molecule has 2 N–H and O–H groups in total. The first kappa shape index (κ1) is 21.8. The molecule has 5 rings (SSSR count). The third-order valence-corrected chi connectivity index (χ3v) is 7.04. The van der Waals surface area contributed by atoms with E-state index in [2.05, 4.69) is 20.6 Å². The number of nitrogens with one attached hydrogen (secondary N) is 2. The van der Waals surface area contributed by atoms with Crippen molar-refractivity contribution in [2.24, 2.45) is 5.92 Å². The van der Waals surface area contributed by atoms with Crippen LogP contribution < -0.4 is 21.0 Å². The van der Waals surface area contributed by atoms with Crippen molar-refractivity contribution in [3.8, 4) is 0 Å². The molecule has 8 nitrogen and oxygen atoms in total. The number of halogens is 1. The highest BCUT2D eigenvalue weighted by atomic mass is 32.2. The fourth-order valence-electron chi connectivity index (χ4n) is 4.27. The van der Waals surface area contributed by atoms with Crippen LogP contribution in [-0.4, -0.2) is 39.0 Å². The van der Waals surface area contributed by atoms with E-state index in [1.54, 1.807) is 18.3 Å².